The molecule has 1 aromatic heterocycles. The molecule has 2 fully saturated rings. The molecule has 11 heteroatoms. The Morgan fingerprint density at radius 2 is 1.94 bits per heavy atom. The number of nitrogens with zero attached hydrogens (tertiary/aromatic N) is 4. The first-order chi connectivity index (χ1) is 15.8. The Morgan fingerprint density at radius 3 is 2.48 bits per heavy atom. The third-order valence-corrected chi connectivity index (χ3v) is 8.42. The maximum atomic E-state index is 13.8. The van der Waals surface area contributed by atoms with Gasteiger partial charge in [0.2, 0.25) is 0 Å². The van der Waals surface area contributed by atoms with E-state index in [2.05, 4.69) is 14.6 Å². The van der Waals surface area contributed by atoms with Crippen molar-refractivity contribution in [3.8, 4) is 0 Å². The predicted octanol–water partition coefficient (Wildman–Crippen LogP) is 3.08. The van der Waals surface area contributed by atoms with Gasteiger partial charge in [-0.2, -0.15) is 12.7 Å². The molecule has 0 unspecified atom stereocenters. The van der Waals surface area contributed by atoms with Crippen LogP contribution >= 0.6 is 11.6 Å². The fourth-order valence-corrected chi connectivity index (χ4v) is 5.79. The Morgan fingerprint density at radius 1 is 1.21 bits per heavy atom. The van der Waals surface area contributed by atoms with Crippen LogP contribution < -0.4 is 4.31 Å². The van der Waals surface area contributed by atoms with Crippen molar-refractivity contribution in [2.75, 3.05) is 37.6 Å². The van der Waals surface area contributed by atoms with E-state index in [4.69, 9.17) is 11.6 Å². The maximum absolute atomic E-state index is 13.8. The molecule has 4 rings (SSSR count). The van der Waals surface area contributed by atoms with E-state index in [1.165, 1.54) is 59.4 Å². The van der Waals surface area contributed by atoms with Crippen LogP contribution in [0.3, 0.4) is 0 Å². The van der Waals surface area contributed by atoms with E-state index in [1.54, 1.807) is 6.07 Å². The van der Waals surface area contributed by atoms with Crippen LogP contribution in [0.1, 0.15) is 35.3 Å². The number of aromatic nitrogens is 1. The van der Waals surface area contributed by atoms with E-state index in [-0.39, 0.29) is 22.8 Å². The molecule has 0 bridgehead atoms. The Balaban J connectivity index is 1.59. The molecule has 0 spiro atoms. The molecule has 2 aromatic rings. The molecule has 0 atom stereocenters. The number of anilines is 1. The van der Waals surface area contributed by atoms with Gasteiger partial charge >= 0.3 is 16.2 Å². The first kappa shape index (κ1) is 23.9. The molecule has 0 amide bonds. The number of hydrogen-bond donors (Lipinski definition) is 0. The lowest BCUT2D eigenvalue weighted by Crippen LogP contribution is -2.56. The quantitative estimate of drug-likeness (QED) is 0.548. The Bertz CT molecular complexity index is 1100. The monoisotopic (exact) mass is 496 g/mol. The van der Waals surface area contributed by atoms with Crippen LogP contribution in [0, 0.1) is 5.82 Å². The van der Waals surface area contributed by atoms with Gasteiger partial charge in [0.1, 0.15) is 5.82 Å². The minimum Gasteiger partial charge on any atom is -0.465 e. The zero-order chi connectivity index (χ0) is 23.6. The van der Waals surface area contributed by atoms with E-state index in [1.807, 2.05) is 0 Å². The molecule has 1 saturated heterocycles. The first-order valence-electron chi connectivity index (χ1n) is 10.8. The smallest absolute Gasteiger partial charge is 0.339 e. The Labute approximate surface area is 198 Å². The number of rotatable bonds is 7. The summed E-state index contributed by atoms with van der Waals surface area (Å²) in [6.07, 6.45) is 4.89. The molecular formula is C22H26ClFN4O4S. The molecule has 8 nitrogen and oxygen atoms in total. The van der Waals surface area contributed by atoms with Crippen molar-refractivity contribution < 1.29 is 22.3 Å². The molecular weight excluding hydrogens is 471 g/mol. The molecule has 1 saturated carbocycles. The lowest BCUT2D eigenvalue weighted by atomic mass is 9.91. The summed E-state index contributed by atoms with van der Waals surface area (Å²) in [5.41, 5.74) is 0.911. The standard InChI is InChI=1S/C22H26ClFN4O4S/c1-32-22(29)16-5-6-17(25-14-16)15-28(19-7-8-21(24)20(23)13-19)33(30,31)27-11-9-26(10-12-27)18-3-2-4-18/h5-8,13-14,18H,2-4,9-12,15H2,1H3. The van der Waals surface area contributed by atoms with Crippen molar-refractivity contribution in [1.82, 2.24) is 14.2 Å². The molecule has 0 N–H and O–H groups in total. The van der Waals surface area contributed by atoms with Crippen molar-refractivity contribution in [1.29, 1.82) is 0 Å². The van der Waals surface area contributed by atoms with E-state index < -0.39 is 22.0 Å². The van der Waals surface area contributed by atoms with Crippen LogP contribution in [0.4, 0.5) is 10.1 Å². The summed E-state index contributed by atoms with van der Waals surface area (Å²) in [4.78, 5) is 18.2. The van der Waals surface area contributed by atoms with Crippen molar-refractivity contribution >= 4 is 33.5 Å². The number of methoxy groups -OCH3 is 1. The highest BCUT2D eigenvalue weighted by atomic mass is 35.5. The summed E-state index contributed by atoms with van der Waals surface area (Å²) < 4.78 is 48.4. The molecule has 1 aliphatic carbocycles. The van der Waals surface area contributed by atoms with Crippen LogP contribution in [-0.2, 0) is 21.5 Å². The van der Waals surface area contributed by atoms with Gasteiger partial charge in [0.15, 0.2) is 0 Å². The minimum absolute atomic E-state index is 0.103. The summed E-state index contributed by atoms with van der Waals surface area (Å²) in [5, 5.41) is -0.170. The summed E-state index contributed by atoms with van der Waals surface area (Å²) >= 11 is 5.96. The summed E-state index contributed by atoms with van der Waals surface area (Å²) in [7, 11) is -2.68. The molecule has 2 aliphatic rings. The molecule has 178 valence electrons. The number of piperazine rings is 1. The van der Waals surface area contributed by atoms with Gasteiger partial charge < -0.3 is 4.74 Å². The van der Waals surface area contributed by atoms with E-state index in [9.17, 15) is 17.6 Å². The van der Waals surface area contributed by atoms with Gasteiger partial charge in [-0.05, 0) is 43.2 Å². The van der Waals surface area contributed by atoms with Gasteiger partial charge in [-0.1, -0.05) is 18.0 Å². The third kappa shape index (κ3) is 5.13. The maximum Gasteiger partial charge on any atom is 0.339 e. The molecule has 33 heavy (non-hydrogen) atoms. The van der Waals surface area contributed by atoms with Crippen molar-refractivity contribution in [3.05, 3.63) is 58.6 Å². The summed E-state index contributed by atoms with van der Waals surface area (Å²) in [5.74, 6) is -1.17. The second-order valence-electron chi connectivity index (χ2n) is 8.16. The number of ether oxygens (including phenoxy) is 1. The Kier molecular flexibility index (Phi) is 7.18. The molecule has 1 aliphatic heterocycles. The average Bonchev–Trinajstić information content (AvgIpc) is 2.78. The SMILES string of the molecule is COC(=O)c1ccc(CN(c2ccc(F)c(Cl)c2)S(=O)(=O)N2CCN(C3CCC3)CC2)nc1. The minimum atomic E-state index is -3.95. The third-order valence-electron chi connectivity index (χ3n) is 6.21. The van der Waals surface area contributed by atoms with Gasteiger partial charge in [-0.15, -0.1) is 0 Å². The number of benzene rings is 1. The number of carbonyl (C=O) groups excluding carboxylic acids is 1. The van der Waals surface area contributed by atoms with Crippen LogP contribution in [0.25, 0.3) is 0 Å². The Hall–Kier alpha value is -2.27. The van der Waals surface area contributed by atoms with Gasteiger partial charge in [-0.3, -0.25) is 14.2 Å². The largest absolute Gasteiger partial charge is 0.465 e. The fraction of sp³-hybridized carbons (Fsp3) is 0.455. The van der Waals surface area contributed by atoms with E-state index in [0.29, 0.717) is 37.9 Å². The fourth-order valence-electron chi connectivity index (χ4n) is 4.04. The van der Waals surface area contributed by atoms with Crippen LogP contribution in [-0.4, -0.2) is 67.9 Å². The molecule has 2 heterocycles. The van der Waals surface area contributed by atoms with E-state index in [0.717, 1.165) is 6.07 Å². The molecule has 0 radical (unpaired) electrons. The van der Waals surface area contributed by atoms with Gasteiger partial charge in [0.25, 0.3) is 0 Å². The highest BCUT2D eigenvalue weighted by molar-refractivity contribution is 7.90. The zero-order valence-electron chi connectivity index (χ0n) is 18.3. The lowest BCUT2D eigenvalue weighted by molar-refractivity contribution is 0.0600. The second kappa shape index (κ2) is 9.92. The number of hydrogen-bond acceptors (Lipinski definition) is 6. The van der Waals surface area contributed by atoms with Gasteiger partial charge in [0, 0.05) is 38.4 Å². The highest BCUT2D eigenvalue weighted by Gasteiger charge is 2.36. The molecule has 1 aromatic carbocycles. The number of halogens is 2. The summed E-state index contributed by atoms with van der Waals surface area (Å²) in [6, 6.07) is 7.46. The number of carbonyl (C=O) groups is 1. The number of esters is 1. The lowest BCUT2D eigenvalue weighted by Gasteiger charge is -2.43. The predicted molar refractivity (Wildman–Crippen MR) is 123 cm³/mol. The highest BCUT2D eigenvalue weighted by Crippen LogP contribution is 2.30. The second-order valence-corrected chi connectivity index (χ2v) is 10.4. The average molecular weight is 497 g/mol. The van der Waals surface area contributed by atoms with Crippen molar-refractivity contribution in [2.45, 2.75) is 31.8 Å². The van der Waals surface area contributed by atoms with E-state index >= 15 is 0 Å². The van der Waals surface area contributed by atoms with Gasteiger partial charge in [-0.25, -0.2) is 9.18 Å². The van der Waals surface area contributed by atoms with Gasteiger partial charge in [0.05, 0.1) is 35.6 Å². The first-order valence-corrected chi connectivity index (χ1v) is 12.6. The topological polar surface area (TPSA) is 83.0 Å². The normalized spacial score (nSPS) is 18.0. The number of pyridine rings is 1. The zero-order valence-corrected chi connectivity index (χ0v) is 19.9. The summed E-state index contributed by atoms with van der Waals surface area (Å²) in [6.45, 7) is 1.99. The van der Waals surface area contributed by atoms with Crippen molar-refractivity contribution in [2.24, 2.45) is 0 Å². The van der Waals surface area contributed by atoms with Crippen LogP contribution in [0.15, 0.2) is 36.5 Å². The van der Waals surface area contributed by atoms with Crippen molar-refractivity contribution in [3.63, 3.8) is 0 Å². The van der Waals surface area contributed by atoms with Crippen LogP contribution in [0.2, 0.25) is 5.02 Å². The van der Waals surface area contributed by atoms with Crippen LogP contribution in [0.5, 0.6) is 0 Å².